The summed E-state index contributed by atoms with van der Waals surface area (Å²) in [5.41, 5.74) is 3.97. The smallest absolute Gasteiger partial charge is 0.271 e. The molecule has 0 spiro atoms. The van der Waals surface area contributed by atoms with Gasteiger partial charge in [-0.25, -0.2) is 5.43 Å². The minimum Gasteiger partial charge on any atom is -0.326 e. The van der Waals surface area contributed by atoms with Gasteiger partial charge in [0.1, 0.15) is 0 Å². The molecule has 0 fully saturated rings. The average Bonchev–Trinajstić information content (AvgIpc) is 2.80. The highest BCUT2D eigenvalue weighted by Gasteiger charge is 2.13. The number of rotatable bonds is 8. The number of carbonyl (C=O) groups is 3. The van der Waals surface area contributed by atoms with Gasteiger partial charge in [0, 0.05) is 52.6 Å². The highest BCUT2D eigenvalue weighted by atomic mass is 32.2. The Morgan fingerprint density at radius 1 is 0.914 bits per heavy atom. The largest absolute Gasteiger partial charge is 0.326 e. The van der Waals surface area contributed by atoms with Crippen molar-refractivity contribution >= 4 is 52.8 Å². The van der Waals surface area contributed by atoms with E-state index in [0.717, 1.165) is 4.90 Å². The monoisotopic (exact) mass is 491 g/mol. The second kappa shape index (κ2) is 11.6. The van der Waals surface area contributed by atoms with E-state index in [9.17, 15) is 24.5 Å². The van der Waals surface area contributed by atoms with Gasteiger partial charge in [0.15, 0.2) is 0 Å². The average molecular weight is 492 g/mol. The number of nitrogens with zero attached hydrogens (tertiary/aromatic N) is 2. The maximum atomic E-state index is 12.5. The van der Waals surface area contributed by atoms with E-state index in [2.05, 4.69) is 21.2 Å². The lowest BCUT2D eigenvalue weighted by Crippen LogP contribution is -2.18. The van der Waals surface area contributed by atoms with Crippen LogP contribution in [-0.2, 0) is 9.59 Å². The van der Waals surface area contributed by atoms with E-state index < -0.39 is 10.8 Å². The molecule has 0 saturated heterocycles. The Balaban J connectivity index is 1.84. The summed E-state index contributed by atoms with van der Waals surface area (Å²) in [5, 5.41) is 20.6. The van der Waals surface area contributed by atoms with Crippen molar-refractivity contribution in [2.24, 2.45) is 5.10 Å². The van der Waals surface area contributed by atoms with Crippen molar-refractivity contribution in [2.75, 3.05) is 10.6 Å². The number of para-hydroxylation sites is 1. The molecule has 0 bridgehead atoms. The van der Waals surface area contributed by atoms with Crippen LogP contribution in [0.5, 0.6) is 0 Å². The van der Waals surface area contributed by atoms with Crippen LogP contribution in [0.3, 0.4) is 0 Å². The molecule has 11 heteroatoms. The Morgan fingerprint density at radius 2 is 1.66 bits per heavy atom. The van der Waals surface area contributed by atoms with Gasteiger partial charge in [-0.1, -0.05) is 30.0 Å². The van der Waals surface area contributed by atoms with Gasteiger partial charge in [-0.15, -0.1) is 0 Å². The summed E-state index contributed by atoms with van der Waals surface area (Å²) in [4.78, 5) is 47.3. The first-order valence-corrected chi connectivity index (χ1v) is 11.1. The summed E-state index contributed by atoms with van der Waals surface area (Å²) in [7, 11) is 0. The zero-order valence-electron chi connectivity index (χ0n) is 18.8. The Morgan fingerprint density at radius 3 is 2.37 bits per heavy atom. The topological polar surface area (TPSA) is 143 Å². The summed E-state index contributed by atoms with van der Waals surface area (Å²) in [6.07, 6.45) is 1.31. The molecule has 0 saturated carbocycles. The molecule has 0 heterocycles. The van der Waals surface area contributed by atoms with E-state index in [1.165, 1.54) is 50.0 Å². The Bertz CT molecular complexity index is 1330. The number of nitrogens with one attached hydrogen (secondary N) is 3. The molecule has 0 unspecified atom stereocenters. The van der Waals surface area contributed by atoms with E-state index >= 15 is 0 Å². The number of carbonyl (C=O) groups excluding carboxylic acids is 3. The number of hydrogen-bond donors (Lipinski definition) is 3. The van der Waals surface area contributed by atoms with Crippen LogP contribution < -0.4 is 16.1 Å². The van der Waals surface area contributed by atoms with Crippen molar-refractivity contribution in [3.8, 4) is 0 Å². The molecule has 178 valence electrons. The fourth-order valence-electron chi connectivity index (χ4n) is 2.98. The maximum absolute atomic E-state index is 12.5. The van der Waals surface area contributed by atoms with E-state index in [1.807, 2.05) is 12.1 Å². The third kappa shape index (κ3) is 7.24. The van der Waals surface area contributed by atoms with Gasteiger partial charge in [-0.3, -0.25) is 24.5 Å². The lowest BCUT2D eigenvalue weighted by molar-refractivity contribution is -0.384. The molecule has 3 rings (SSSR count). The van der Waals surface area contributed by atoms with Gasteiger partial charge in [0.25, 0.3) is 11.6 Å². The summed E-state index contributed by atoms with van der Waals surface area (Å²) in [5.74, 6) is -1.02. The van der Waals surface area contributed by atoms with Crippen LogP contribution in [-0.4, -0.2) is 28.9 Å². The van der Waals surface area contributed by atoms with Gasteiger partial charge < -0.3 is 10.6 Å². The van der Waals surface area contributed by atoms with Gasteiger partial charge in [0.2, 0.25) is 11.8 Å². The minimum atomic E-state index is -0.525. The summed E-state index contributed by atoms with van der Waals surface area (Å²) in [6, 6.07) is 17.8. The zero-order valence-corrected chi connectivity index (χ0v) is 19.6. The molecular formula is C24H21N5O5S. The van der Waals surface area contributed by atoms with Crippen LogP contribution in [0.25, 0.3) is 0 Å². The van der Waals surface area contributed by atoms with Crippen LogP contribution in [0.4, 0.5) is 17.1 Å². The Kier molecular flexibility index (Phi) is 8.30. The molecule has 0 aromatic heterocycles. The van der Waals surface area contributed by atoms with Crippen LogP contribution in [0, 0.1) is 10.1 Å². The predicted octanol–water partition coefficient (Wildman–Crippen LogP) is 4.43. The van der Waals surface area contributed by atoms with E-state index in [1.54, 1.807) is 36.4 Å². The van der Waals surface area contributed by atoms with E-state index in [4.69, 9.17) is 0 Å². The Labute approximate surface area is 205 Å². The number of hydrogen-bond acceptors (Lipinski definition) is 7. The van der Waals surface area contributed by atoms with Crippen molar-refractivity contribution in [2.45, 2.75) is 23.6 Å². The number of nitro benzene ring substituents is 1. The van der Waals surface area contributed by atoms with E-state index in [-0.39, 0.29) is 23.1 Å². The zero-order chi connectivity index (χ0) is 25.4. The number of benzene rings is 3. The normalized spacial score (nSPS) is 10.6. The van der Waals surface area contributed by atoms with Crippen molar-refractivity contribution in [3.05, 3.63) is 88.0 Å². The molecule has 35 heavy (non-hydrogen) atoms. The van der Waals surface area contributed by atoms with Gasteiger partial charge in [-0.05, 0) is 36.4 Å². The SMILES string of the molecule is CC(=O)Nc1cccc(C(=O)N/N=C/c2cc([N+](=O)[O-])ccc2Sc2ccccc2NC(C)=O)c1. The maximum Gasteiger partial charge on any atom is 0.271 e. The van der Waals surface area contributed by atoms with Crippen LogP contribution in [0.15, 0.2) is 81.6 Å². The van der Waals surface area contributed by atoms with Crippen LogP contribution in [0.2, 0.25) is 0 Å². The second-order valence-corrected chi connectivity index (χ2v) is 8.30. The minimum absolute atomic E-state index is 0.139. The molecule has 3 aromatic carbocycles. The quantitative estimate of drug-likeness (QED) is 0.242. The molecule has 3 amide bonds. The number of hydrazone groups is 1. The lowest BCUT2D eigenvalue weighted by Gasteiger charge is -2.11. The van der Waals surface area contributed by atoms with Crippen LogP contribution in [0.1, 0.15) is 29.8 Å². The van der Waals surface area contributed by atoms with Crippen molar-refractivity contribution in [1.29, 1.82) is 0 Å². The van der Waals surface area contributed by atoms with Crippen molar-refractivity contribution < 1.29 is 19.3 Å². The predicted molar refractivity (Wildman–Crippen MR) is 134 cm³/mol. The number of amides is 3. The third-order valence-electron chi connectivity index (χ3n) is 4.44. The standard InChI is InChI=1S/C24H21N5O5S/c1-15(30)26-19-7-5-6-17(12-19)24(32)28-25-14-18-13-20(29(33)34)10-11-22(18)35-23-9-4-3-8-21(23)27-16(2)31/h3-14H,1-2H3,(H,26,30)(H,27,31)(H,28,32)/b25-14+. The van der Waals surface area contributed by atoms with Gasteiger partial charge in [-0.2, -0.15) is 5.10 Å². The fraction of sp³-hybridized carbons (Fsp3) is 0.0833. The number of non-ortho nitro benzene ring substituents is 1. The first kappa shape index (κ1) is 25.1. The Hall–Kier alpha value is -4.51. The fourth-order valence-corrected chi connectivity index (χ4v) is 3.95. The molecule has 3 aromatic rings. The first-order chi connectivity index (χ1) is 16.7. The first-order valence-electron chi connectivity index (χ1n) is 10.3. The van der Waals surface area contributed by atoms with Crippen molar-refractivity contribution in [3.63, 3.8) is 0 Å². The highest BCUT2D eigenvalue weighted by molar-refractivity contribution is 7.99. The van der Waals surface area contributed by atoms with Gasteiger partial charge >= 0.3 is 0 Å². The molecule has 0 atom stereocenters. The molecular weight excluding hydrogens is 470 g/mol. The molecule has 0 aliphatic carbocycles. The lowest BCUT2D eigenvalue weighted by atomic mass is 10.2. The molecule has 0 aliphatic heterocycles. The summed E-state index contributed by atoms with van der Waals surface area (Å²) < 4.78 is 0. The molecule has 10 nitrogen and oxygen atoms in total. The summed E-state index contributed by atoms with van der Waals surface area (Å²) in [6.45, 7) is 2.76. The van der Waals surface area contributed by atoms with Crippen molar-refractivity contribution in [1.82, 2.24) is 5.43 Å². The number of anilines is 2. The van der Waals surface area contributed by atoms with Crippen LogP contribution >= 0.6 is 11.8 Å². The second-order valence-electron chi connectivity index (χ2n) is 7.22. The molecule has 0 radical (unpaired) electrons. The number of nitro groups is 1. The van der Waals surface area contributed by atoms with Gasteiger partial charge in [0.05, 0.1) is 16.8 Å². The molecule has 0 aliphatic rings. The molecule has 3 N–H and O–H groups in total. The highest BCUT2D eigenvalue weighted by Crippen LogP contribution is 2.36. The third-order valence-corrected chi connectivity index (χ3v) is 5.60. The summed E-state index contributed by atoms with van der Waals surface area (Å²) >= 11 is 1.28. The van der Waals surface area contributed by atoms with E-state index in [0.29, 0.717) is 21.8 Å².